The Morgan fingerprint density at radius 1 is 1.47 bits per heavy atom. The molecule has 1 aliphatic rings. The molecular formula is C13H17NO. The minimum Gasteiger partial charge on any atom is -0.294 e. The number of pyridine rings is 1. The lowest BCUT2D eigenvalue weighted by molar-refractivity contribution is 0.0924. The monoisotopic (exact) mass is 203 g/mol. The highest BCUT2D eigenvalue weighted by Crippen LogP contribution is 2.41. The van der Waals surface area contributed by atoms with E-state index in [9.17, 15) is 4.79 Å². The van der Waals surface area contributed by atoms with Gasteiger partial charge in [-0.15, -0.1) is 0 Å². The number of nitrogens with zero attached hydrogens (tertiary/aromatic N) is 1. The number of rotatable bonds is 3. The van der Waals surface area contributed by atoms with Crippen molar-refractivity contribution in [2.45, 2.75) is 39.0 Å². The minimum atomic E-state index is 0.243. The minimum absolute atomic E-state index is 0.243. The average Bonchev–Trinajstić information content (AvgIpc) is 2.66. The van der Waals surface area contributed by atoms with Crippen molar-refractivity contribution < 1.29 is 4.79 Å². The Morgan fingerprint density at radius 3 is 2.80 bits per heavy atom. The van der Waals surface area contributed by atoms with E-state index >= 15 is 0 Å². The van der Waals surface area contributed by atoms with Crippen LogP contribution < -0.4 is 0 Å². The van der Waals surface area contributed by atoms with E-state index in [1.54, 1.807) is 12.4 Å². The lowest BCUT2D eigenvalue weighted by atomic mass is 9.82. The summed E-state index contributed by atoms with van der Waals surface area (Å²) in [4.78, 5) is 15.9. The fraction of sp³-hybridized carbons (Fsp3) is 0.538. The second kappa shape index (κ2) is 4.13. The molecule has 0 bridgehead atoms. The van der Waals surface area contributed by atoms with Crippen LogP contribution in [0.25, 0.3) is 0 Å². The Labute approximate surface area is 90.7 Å². The van der Waals surface area contributed by atoms with Gasteiger partial charge in [0.2, 0.25) is 0 Å². The van der Waals surface area contributed by atoms with Crippen LogP contribution in [0, 0.1) is 5.41 Å². The molecule has 0 unspecified atom stereocenters. The van der Waals surface area contributed by atoms with E-state index in [4.69, 9.17) is 0 Å². The normalized spacial score (nSPS) is 19.0. The molecule has 0 N–H and O–H groups in total. The number of hydrogen-bond donors (Lipinski definition) is 0. The van der Waals surface area contributed by atoms with Crippen LogP contribution >= 0.6 is 0 Å². The van der Waals surface area contributed by atoms with E-state index in [2.05, 4.69) is 11.9 Å². The van der Waals surface area contributed by atoms with Gasteiger partial charge >= 0.3 is 0 Å². The maximum atomic E-state index is 12.0. The van der Waals surface area contributed by atoms with Crippen molar-refractivity contribution >= 4 is 5.78 Å². The van der Waals surface area contributed by atoms with E-state index in [0.717, 1.165) is 5.56 Å². The molecular weight excluding hydrogens is 186 g/mol. The summed E-state index contributed by atoms with van der Waals surface area (Å²) in [5.41, 5.74) is 0.998. The molecule has 0 atom stereocenters. The predicted molar refractivity (Wildman–Crippen MR) is 59.8 cm³/mol. The third-order valence-corrected chi connectivity index (χ3v) is 3.38. The first-order valence-corrected chi connectivity index (χ1v) is 5.63. The molecule has 0 aromatic carbocycles. The summed E-state index contributed by atoms with van der Waals surface area (Å²) in [6, 6.07) is 3.68. The first-order chi connectivity index (χ1) is 7.20. The topological polar surface area (TPSA) is 30.0 Å². The zero-order valence-corrected chi connectivity index (χ0v) is 9.20. The molecule has 0 spiro atoms. The quantitative estimate of drug-likeness (QED) is 0.706. The largest absolute Gasteiger partial charge is 0.294 e. The van der Waals surface area contributed by atoms with Crippen molar-refractivity contribution in [1.29, 1.82) is 0 Å². The summed E-state index contributed by atoms with van der Waals surface area (Å²) in [5.74, 6) is 0.243. The van der Waals surface area contributed by atoms with Gasteiger partial charge in [-0.2, -0.15) is 0 Å². The Kier molecular flexibility index (Phi) is 2.85. The van der Waals surface area contributed by atoms with Crippen LogP contribution in [-0.4, -0.2) is 10.8 Å². The van der Waals surface area contributed by atoms with Crippen molar-refractivity contribution in [3.8, 4) is 0 Å². The number of ketones is 1. The fourth-order valence-electron chi connectivity index (χ4n) is 2.42. The molecule has 15 heavy (non-hydrogen) atoms. The zero-order valence-electron chi connectivity index (χ0n) is 9.20. The van der Waals surface area contributed by atoms with Gasteiger partial charge in [0.1, 0.15) is 0 Å². The highest BCUT2D eigenvalue weighted by Gasteiger charge is 2.31. The number of aromatic nitrogens is 1. The third kappa shape index (κ3) is 2.44. The van der Waals surface area contributed by atoms with Gasteiger partial charge in [-0.05, 0) is 30.4 Å². The Hall–Kier alpha value is -1.18. The smallest absolute Gasteiger partial charge is 0.164 e. The van der Waals surface area contributed by atoms with Crippen LogP contribution in [-0.2, 0) is 0 Å². The van der Waals surface area contributed by atoms with E-state index in [0.29, 0.717) is 6.42 Å². The number of carbonyl (C=O) groups excluding carboxylic acids is 1. The lowest BCUT2D eigenvalue weighted by Gasteiger charge is -2.21. The molecule has 0 amide bonds. The van der Waals surface area contributed by atoms with Crippen molar-refractivity contribution in [2.75, 3.05) is 0 Å². The molecule has 80 valence electrons. The molecule has 1 aromatic rings. The van der Waals surface area contributed by atoms with E-state index < -0.39 is 0 Å². The highest BCUT2D eigenvalue weighted by atomic mass is 16.1. The summed E-state index contributed by atoms with van der Waals surface area (Å²) in [5, 5.41) is 0. The van der Waals surface area contributed by atoms with Gasteiger partial charge < -0.3 is 0 Å². The van der Waals surface area contributed by atoms with Crippen LogP contribution in [0.15, 0.2) is 24.5 Å². The number of carbonyl (C=O) groups is 1. The van der Waals surface area contributed by atoms with Gasteiger partial charge in [0.05, 0.1) is 0 Å². The summed E-state index contributed by atoms with van der Waals surface area (Å²) < 4.78 is 0. The molecule has 2 nitrogen and oxygen atoms in total. The second-order valence-electron chi connectivity index (χ2n) is 4.86. The molecule has 0 aliphatic heterocycles. The second-order valence-corrected chi connectivity index (χ2v) is 4.86. The molecule has 1 aliphatic carbocycles. The lowest BCUT2D eigenvalue weighted by Crippen LogP contribution is -2.17. The number of hydrogen-bond acceptors (Lipinski definition) is 2. The maximum absolute atomic E-state index is 12.0. The van der Waals surface area contributed by atoms with Crippen LogP contribution in [0.1, 0.15) is 49.4 Å². The molecule has 1 saturated carbocycles. The first kappa shape index (κ1) is 10.3. The molecule has 0 radical (unpaired) electrons. The third-order valence-electron chi connectivity index (χ3n) is 3.38. The number of Topliss-reactive ketones (excluding diaryl/α,β-unsaturated/α-hetero) is 1. The van der Waals surface area contributed by atoms with Crippen molar-refractivity contribution in [1.82, 2.24) is 4.98 Å². The van der Waals surface area contributed by atoms with Crippen LogP contribution in [0.5, 0.6) is 0 Å². The van der Waals surface area contributed by atoms with Gasteiger partial charge in [-0.3, -0.25) is 9.78 Å². The van der Waals surface area contributed by atoms with Gasteiger partial charge in [-0.25, -0.2) is 0 Å². The van der Waals surface area contributed by atoms with E-state index in [-0.39, 0.29) is 11.2 Å². The average molecular weight is 203 g/mol. The molecule has 1 heterocycles. The molecule has 1 fully saturated rings. The SMILES string of the molecule is CC1(CC(=O)c2cccnc2)CCCC1. The Balaban J connectivity index is 2.04. The molecule has 0 saturated heterocycles. The van der Waals surface area contributed by atoms with Gasteiger partial charge in [0.15, 0.2) is 5.78 Å². The summed E-state index contributed by atoms with van der Waals surface area (Å²) >= 11 is 0. The standard InChI is InChI=1S/C13H17NO/c1-13(6-2-3-7-13)9-12(15)11-5-4-8-14-10-11/h4-5,8,10H,2-3,6-7,9H2,1H3. The van der Waals surface area contributed by atoms with Gasteiger partial charge in [-0.1, -0.05) is 19.8 Å². The first-order valence-electron chi connectivity index (χ1n) is 5.63. The summed E-state index contributed by atoms with van der Waals surface area (Å²) in [6.45, 7) is 2.23. The maximum Gasteiger partial charge on any atom is 0.164 e. The molecule has 1 aromatic heterocycles. The van der Waals surface area contributed by atoms with E-state index in [1.165, 1.54) is 25.7 Å². The van der Waals surface area contributed by atoms with Crippen LogP contribution in [0.3, 0.4) is 0 Å². The molecule has 2 heteroatoms. The zero-order chi connectivity index (χ0) is 10.7. The van der Waals surface area contributed by atoms with Crippen molar-refractivity contribution in [3.05, 3.63) is 30.1 Å². The van der Waals surface area contributed by atoms with Crippen LogP contribution in [0.4, 0.5) is 0 Å². The highest BCUT2D eigenvalue weighted by molar-refractivity contribution is 5.96. The predicted octanol–water partition coefficient (Wildman–Crippen LogP) is 3.23. The summed E-state index contributed by atoms with van der Waals surface area (Å²) in [7, 11) is 0. The fourth-order valence-corrected chi connectivity index (χ4v) is 2.42. The summed E-state index contributed by atoms with van der Waals surface area (Å²) in [6.07, 6.45) is 8.99. The molecule has 2 rings (SSSR count). The van der Waals surface area contributed by atoms with Crippen molar-refractivity contribution in [3.63, 3.8) is 0 Å². The van der Waals surface area contributed by atoms with E-state index in [1.807, 2.05) is 12.1 Å². The van der Waals surface area contributed by atoms with Crippen molar-refractivity contribution in [2.24, 2.45) is 5.41 Å². The van der Waals surface area contributed by atoms with Crippen LogP contribution in [0.2, 0.25) is 0 Å². The Bertz CT molecular complexity index is 339. The van der Waals surface area contributed by atoms with Gasteiger partial charge in [0, 0.05) is 24.4 Å². The Morgan fingerprint density at radius 2 is 2.20 bits per heavy atom. The van der Waals surface area contributed by atoms with Gasteiger partial charge in [0.25, 0.3) is 0 Å².